The van der Waals surface area contributed by atoms with Crippen molar-refractivity contribution in [3.05, 3.63) is 94.8 Å². The van der Waals surface area contributed by atoms with Crippen LogP contribution in [0.1, 0.15) is 28.7 Å². The summed E-state index contributed by atoms with van der Waals surface area (Å²) in [5.41, 5.74) is 1.69. The second kappa shape index (κ2) is 11.3. The number of imide groups is 1. The van der Waals surface area contributed by atoms with E-state index in [0.717, 1.165) is 10.5 Å². The van der Waals surface area contributed by atoms with E-state index >= 15 is 0 Å². The molecule has 216 valence electrons. The summed E-state index contributed by atoms with van der Waals surface area (Å²) in [5.74, 6) is -2.71. The molecule has 2 aliphatic rings. The summed E-state index contributed by atoms with van der Waals surface area (Å²) >= 11 is 0. The number of benzene rings is 3. The van der Waals surface area contributed by atoms with Crippen LogP contribution in [0.3, 0.4) is 0 Å². The van der Waals surface area contributed by atoms with Gasteiger partial charge < -0.3 is 25.4 Å². The van der Waals surface area contributed by atoms with Gasteiger partial charge in [0, 0.05) is 30.4 Å². The second-order valence-electron chi connectivity index (χ2n) is 10.0. The summed E-state index contributed by atoms with van der Waals surface area (Å²) < 4.78 is 19.2. The van der Waals surface area contributed by atoms with Crippen LogP contribution in [-0.4, -0.2) is 53.5 Å². The van der Waals surface area contributed by atoms with Gasteiger partial charge in [0.05, 0.1) is 13.0 Å². The lowest BCUT2D eigenvalue weighted by molar-refractivity contribution is -0.139. The Morgan fingerprint density at radius 1 is 1.02 bits per heavy atom. The molecule has 0 bridgehead atoms. The van der Waals surface area contributed by atoms with Crippen molar-refractivity contribution in [2.24, 2.45) is 0 Å². The Balaban J connectivity index is 1.39. The van der Waals surface area contributed by atoms with E-state index in [1.807, 2.05) is 0 Å². The lowest BCUT2D eigenvalue weighted by Gasteiger charge is -2.25. The maximum Gasteiger partial charge on any atom is 0.418 e. The molecule has 0 radical (unpaired) electrons. The summed E-state index contributed by atoms with van der Waals surface area (Å²) in [6.07, 6.45) is -0.551. The second-order valence-corrected chi connectivity index (χ2v) is 10.0. The average Bonchev–Trinajstić information content (AvgIpc) is 3.44. The number of hydrogen-bond acceptors (Lipinski definition) is 6. The number of rotatable bonds is 8. The van der Waals surface area contributed by atoms with Gasteiger partial charge in [-0.25, -0.2) is 18.9 Å². The molecule has 1 fully saturated rings. The monoisotopic (exact) mass is 574 g/mol. The van der Waals surface area contributed by atoms with Gasteiger partial charge >= 0.3 is 18.1 Å². The highest BCUT2D eigenvalue weighted by Crippen LogP contribution is 2.46. The number of urea groups is 1. The highest BCUT2D eigenvalue weighted by Gasteiger charge is 2.58. The van der Waals surface area contributed by atoms with E-state index < -0.39 is 47.9 Å². The number of carboxylic acids is 1. The number of amides is 5. The van der Waals surface area contributed by atoms with E-state index in [1.54, 1.807) is 42.5 Å². The van der Waals surface area contributed by atoms with E-state index in [4.69, 9.17) is 9.84 Å². The lowest BCUT2D eigenvalue weighted by atomic mass is 9.94. The molecule has 0 unspecified atom stereocenters. The number of hydrogen-bond donors (Lipinski definition) is 3. The molecule has 3 N–H and O–H groups in total. The van der Waals surface area contributed by atoms with Crippen molar-refractivity contribution in [2.75, 3.05) is 23.8 Å². The molecule has 0 aromatic heterocycles. The number of carboxylic acid groups (broad SMARTS) is 1. The number of nitrogens with one attached hydrogen (secondary N) is 2. The zero-order chi connectivity index (χ0) is 30.0. The van der Waals surface area contributed by atoms with E-state index in [-0.39, 0.29) is 19.4 Å². The van der Waals surface area contributed by atoms with Gasteiger partial charge in [-0.05, 0) is 59.5 Å². The van der Waals surface area contributed by atoms with E-state index in [9.17, 15) is 28.4 Å². The van der Waals surface area contributed by atoms with Crippen molar-refractivity contribution in [3.63, 3.8) is 0 Å². The molecule has 1 saturated heterocycles. The molecule has 11 nitrogen and oxygen atoms in total. The van der Waals surface area contributed by atoms with Crippen LogP contribution in [0.25, 0.3) is 0 Å². The minimum absolute atomic E-state index is 0.00353. The van der Waals surface area contributed by atoms with Crippen molar-refractivity contribution < 1.29 is 38.2 Å². The van der Waals surface area contributed by atoms with Gasteiger partial charge in [0.2, 0.25) is 11.5 Å². The summed E-state index contributed by atoms with van der Waals surface area (Å²) in [6, 6.07) is 16.4. The van der Waals surface area contributed by atoms with E-state index in [1.165, 1.54) is 36.2 Å². The predicted molar refractivity (Wildman–Crippen MR) is 148 cm³/mol. The number of carbonyl (C=O) groups excluding carboxylic acids is 4. The summed E-state index contributed by atoms with van der Waals surface area (Å²) in [7, 11) is 1.49. The Labute approximate surface area is 239 Å². The Hall–Kier alpha value is -5.26. The van der Waals surface area contributed by atoms with Gasteiger partial charge in [-0.2, -0.15) is 0 Å². The molecule has 1 spiro atoms. The predicted octanol–water partition coefficient (Wildman–Crippen LogP) is 3.56. The molecule has 5 rings (SSSR count). The normalized spacial score (nSPS) is 17.1. The fourth-order valence-corrected chi connectivity index (χ4v) is 5.21. The van der Waals surface area contributed by atoms with Crippen molar-refractivity contribution in [1.82, 2.24) is 10.2 Å². The summed E-state index contributed by atoms with van der Waals surface area (Å²) in [6.45, 7) is -0.604. The number of aliphatic carboxylic acids is 1. The molecule has 1 heterocycles. The van der Waals surface area contributed by atoms with E-state index in [2.05, 4.69) is 10.6 Å². The Kier molecular flexibility index (Phi) is 7.62. The number of fused-ring (bicyclic) bond motifs is 2. The van der Waals surface area contributed by atoms with Crippen LogP contribution in [-0.2, 0) is 44.1 Å². The van der Waals surface area contributed by atoms with Gasteiger partial charge in [0.15, 0.2) is 0 Å². The molecule has 1 atom stereocenters. The summed E-state index contributed by atoms with van der Waals surface area (Å²) in [4.78, 5) is 65.2. The minimum Gasteiger partial charge on any atom is -0.481 e. The fourth-order valence-electron chi connectivity index (χ4n) is 5.21. The number of anilines is 2. The number of halogens is 1. The first kappa shape index (κ1) is 28.3. The SMILES string of the molecule is CNC(=O)Nc1ccc2c(c1)CC[C@@]21OC(=O)N(CC(=O)N(Cc2ccc(F)cc2)c2ccc(CC(=O)O)cc2)C1=O. The van der Waals surface area contributed by atoms with Crippen LogP contribution < -0.4 is 15.5 Å². The Morgan fingerprint density at radius 3 is 2.38 bits per heavy atom. The largest absolute Gasteiger partial charge is 0.481 e. The molecule has 0 saturated carbocycles. The van der Waals surface area contributed by atoms with Crippen molar-refractivity contribution in [2.45, 2.75) is 31.4 Å². The quantitative estimate of drug-likeness (QED) is 0.373. The Bertz CT molecular complexity index is 1580. The average molecular weight is 575 g/mol. The van der Waals surface area contributed by atoms with Crippen LogP contribution in [0, 0.1) is 5.82 Å². The van der Waals surface area contributed by atoms with Crippen LogP contribution >= 0.6 is 0 Å². The van der Waals surface area contributed by atoms with Crippen LogP contribution in [0.15, 0.2) is 66.7 Å². The highest BCUT2D eigenvalue weighted by molar-refractivity contribution is 6.08. The first-order chi connectivity index (χ1) is 20.1. The number of ether oxygens (including phenoxy) is 1. The smallest absolute Gasteiger partial charge is 0.418 e. The van der Waals surface area contributed by atoms with Crippen LogP contribution in [0.2, 0.25) is 0 Å². The molecule has 1 aliphatic heterocycles. The molecule has 5 amide bonds. The topological polar surface area (TPSA) is 145 Å². The van der Waals surface area contributed by atoms with Crippen LogP contribution in [0.5, 0.6) is 0 Å². The third kappa shape index (κ3) is 5.51. The van der Waals surface area contributed by atoms with Crippen molar-refractivity contribution >= 4 is 41.3 Å². The summed E-state index contributed by atoms with van der Waals surface area (Å²) in [5, 5.41) is 14.2. The first-order valence-electron chi connectivity index (χ1n) is 13.1. The molecule has 12 heteroatoms. The highest BCUT2D eigenvalue weighted by atomic mass is 19.1. The van der Waals surface area contributed by atoms with Gasteiger partial charge in [0.25, 0.3) is 5.91 Å². The zero-order valence-electron chi connectivity index (χ0n) is 22.6. The number of carbonyl (C=O) groups is 5. The molecule has 1 aliphatic carbocycles. The molecule has 3 aromatic rings. The van der Waals surface area contributed by atoms with Gasteiger partial charge in [-0.1, -0.05) is 30.3 Å². The lowest BCUT2D eigenvalue weighted by Crippen LogP contribution is -2.44. The van der Waals surface area contributed by atoms with E-state index in [0.29, 0.717) is 34.5 Å². The standard InChI is InChI=1S/C30H27FN4O7/c1-32-28(40)33-22-8-11-24-20(15-22)12-13-30(24)27(39)35(29(41)42-30)17-25(36)34(16-19-2-6-21(31)7-3-19)23-9-4-18(5-10-23)14-26(37)38/h2-11,15H,12-14,16-17H2,1H3,(H,37,38)(H2,32,33,40)/t30-/m1/s1. The third-order valence-electron chi connectivity index (χ3n) is 7.30. The minimum atomic E-state index is -1.57. The molecular formula is C30H27FN4O7. The molecule has 42 heavy (non-hydrogen) atoms. The van der Waals surface area contributed by atoms with Gasteiger partial charge in [0.1, 0.15) is 12.4 Å². The third-order valence-corrected chi connectivity index (χ3v) is 7.30. The molecular weight excluding hydrogens is 547 g/mol. The maximum atomic E-state index is 13.7. The first-order valence-corrected chi connectivity index (χ1v) is 13.1. The number of aryl methyl sites for hydroxylation is 1. The van der Waals surface area contributed by atoms with Gasteiger partial charge in [-0.15, -0.1) is 0 Å². The fraction of sp³-hybridized carbons (Fsp3) is 0.233. The Morgan fingerprint density at radius 2 is 1.71 bits per heavy atom. The van der Waals surface area contributed by atoms with Crippen molar-refractivity contribution in [3.8, 4) is 0 Å². The maximum absolute atomic E-state index is 13.7. The van der Waals surface area contributed by atoms with Crippen molar-refractivity contribution in [1.29, 1.82) is 0 Å². The molecule has 3 aromatic carbocycles. The van der Waals surface area contributed by atoms with Crippen LogP contribution in [0.4, 0.5) is 25.4 Å². The zero-order valence-corrected chi connectivity index (χ0v) is 22.6. The van der Waals surface area contributed by atoms with Gasteiger partial charge in [-0.3, -0.25) is 14.4 Å². The number of nitrogens with zero attached hydrogens (tertiary/aromatic N) is 2.